The molecule has 2 amide bonds. The van der Waals surface area contributed by atoms with E-state index in [0.29, 0.717) is 16.8 Å². The van der Waals surface area contributed by atoms with Crippen molar-refractivity contribution in [3.63, 3.8) is 0 Å². The summed E-state index contributed by atoms with van der Waals surface area (Å²) >= 11 is 0. The molecule has 0 atom stereocenters. The number of amides is 2. The maximum absolute atomic E-state index is 12.2. The number of nitrogens with one attached hydrogen (secondary N) is 2. The molecule has 6 heteroatoms. The fourth-order valence-corrected chi connectivity index (χ4v) is 2.21. The smallest absolute Gasteiger partial charge is 0.271 e. The van der Waals surface area contributed by atoms with Crippen molar-refractivity contribution < 1.29 is 9.59 Å². The van der Waals surface area contributed by atoms with E-state index in [0.717, 1.165) is 5.56 Å². The lowest BCUT2D eigenvalue weighted by molar-refractivity contribution is 0.0953. The van der Waals surface area contributed by atoms with E-state index in [9.17, 15) is 9.59 Å². The van der Waals surface area contributed by atoms with E-state index in [-0.39, 0.29) is 11.8 Å². The van der Waals surface area contributed by atoms with E-state index in [2.05, 4.69) is 20.8 Å². The monoisotopic (exact) mass is 344 g/mol. The molecule has 1 heterocycles. The SMILES string of the molecule is O=C(N/N=C\c1ccncc1)c1cccc(NC(=O)c2ccccc2)c1. The molecule has 0 aliphatic heterocycles. The summed E-state index contributed by atoms with van der Waals surface area (Å²) in [7, 11) is 0. The van der Waals surface area contributed by atoms with Gasteiger partial charge < -0.3 is 5.32 Å². The van der Waals surface area contributed by atoms with Crippen LogP contribution in [0.4, 0.5) is 5.69 Å². The van der Waals surface area contributed by atoms with Gasteiger partial charge in [-0.15, -0.1) is 0 Å². The number of pyridine rings is 1. The maximum Gasteiger partial charge on any atom is 0.271 e. The van der Waals surface area contributed by atoms with Crippen LogP contribution in [0.25, 0.3) is 0 Å². The van der Waals surface area contributed by atoms with Gasteiger partial charge in [0.15, 0.2) is 0 Å². The lowest BCUT2D eigenvalue weighted by Gasteiger charge is -2.07. The van der Waals surface area contributed by atoms with Crippen molar-refractivity contribution in [1.82, 2.24) is 10.4 Å². The van der Waals surface area contributed by atoms with E-state index >= 15 is 0 Å². The fraction of sp³-hybridized carbons (Fsp3) is 0. The Kier molecular flexibility index (Phi) is 5.47. The molecule has 1 aromatic heterocycles. The summed E-state index contributed by atoms with van der Waals surface area (Å²) in [6, 6.07) is 19.1. The quantitative estimate of drug-likeness (QED) is 0.551. The predicted octanol–water partition coefficient (Wildman–Crippen LogP) is 3.10. The van der Waals surface area contributed by atoms with Gasteiger partial charge in [-0.2, -0.15) is 5.10 Å². The molecular formula is C20H16N4O2. The summed E-state index contributed by atoms with van der Waals surface area (Å²) in [6.07, 6.45) is 4.81. The number of carbonyl (C=O) groups excluding carboxylic acids is 2. The van der Waals surface area contributed by atoms with Gasteiger partial charge in [-0.25, -0.2) is 5.43 Å². The van der Waals surface area contributed by atoms with Crippen molar-refractivity contribution >= 4 is 23.7 Å². The third-order valence-electron chi connectivity index (χ3n) is 3.50. The Morgan fingerprint density at radius 1 is 0.846 bits per heavy atom. The van der Waals surface area contributed by atoms with Crippen LogP contribution in [-0.2, 0) is 0 Å². The molecule has 0 bridgehead atoms. The zero-order valence-electron chi connectivity index (χ0n) is 13.8. The van der Waals surface area contributed by atoms with Crippen LogP contribution in [0, 0.1) is 0 Å². The molecule has 0 fully saturated rings. The molecule has 0 spiro atoms. The highest BCUT2D eigenvalue weighted by Crippen LogP contribution is 2.12. The third-order valence-corrected chi connectivity index (χ3v) is 3.50. The van der Waals surface area contributed by atoms with Gasteiger partial charge in [0.1, 0.15) is 0 Å². The van der Waals surface area contributed by atoms with Gasteiger partial charge in [0.25, 0.3) is 11.8 Å². The largest absolute Gasteiger partial charge is 0.322 e. The second-order valence-corrected chi connectivity index (χ2v) is 5.38. The molecule has 2 aromatic carbocycles. The maximum atomic E-state index is 12.2. The highest BCUT2D eigenvalue weighted by molar-refractivity contribution is 6.05. The number of aromatic nitrogens is 1. The predicted molar refractivity (Wildman–Crippen MR) is 100 cm³/mol. The molecule has 0 saturated heterocycles. The van der Waals surface area contributed by atoms with E-state index in [1.165, 1.54) is 6.21 Å². The first kappa shape index (κ1) is 17.0. The molecule has 0 aliphatic carbocycles. The normalized spacial score (nSPS) is 10.5. The Hall–Kier alpha value is -3.80. The van der Waals surface area contributed by atoms with Crippen LogP contribution in [-0.4, -0.2) is 23.0 Å². The zero-order chi connectivity index (χ0) is 18.2. The molecule has 2 N–H and O–H groups in total. The Balaban J connectivity index is 1.64. The molecule has 0 unspecified atom stereocenters. The van der Waals surface area contributed by atoms with Crippen molar-refractivity contribution in [2.24, 2.45) is 5.10 Å². The highest BCUT2D eigenvalue weighted by atomic mass is 16.2. The van der Waals surface area contributed by atoms with Crippen molar-refractivity contribution in [1.29, 1.82) is 0 Å². The molecule has 0 radical (unpaired) electrons. The number of anilines is 1. The molecule has 26 heavy (non-hydrogen) atoms. The summed E-state index contributed by atoms with van der Waals surface area (Å²) in [5.74, 6) is -0.606. The van der Waals surface area contributed by atoms with Gasteiger partial charge in [0.05, 0.1) is 6.21 Å². The van der Waals surface area contributed by atoms with Gasteiger partial charge in [0.2, 0.25) is 0 Å². The minimum absolute atomic E-state index is 0.237. The van der Waals surface area contributed by atoms with E-state index < -0.39 is 0 Å². The van der Waals surface area contributed by atoms with Crippen LogP contribution < -0.4 is 10.7 Å². The van der Waals surface area contributed by atoms with Crippen LogP contribution >= 0.6 is 0 Å². The van der Waals surface area contributed by atoms with Crippen molar-refractivity contribution in [2.75, 3.05) is 5.32 Å². The average molecular weight is 344 g/mol. The molecule has 3 rings (SSSR count). The first-order valence-electron chi connectivity index (χ1n) is 7.92. The summed E-state index contributed by atoms with van der Waals surface area (Å²) in [5, 5.41) is 6.69. The number of carbonyl (C=O) groups is 2. The van der Waals surface area contributed by atoms with E-state index in [4.69, 9.17) is 0 Å². The second-order valence-electron chi connectivity index (χ2n) is 5.38. The Morgan fingerprint density at radius 3 is 2.35 bits per heavy atom. The summed E-state index contributed by atoms with van der Waals surface area (Å²) < 4.78 is 0. The number of hydrazone groups is 1. The van der Waals surface area contributed by atoms with Gasteiger partial charge in [0, 0.05) is 29.2 Å². The summed E-state index contributed by atoms with van der Waals surface area (Å²) in [4.78, 5) is 28.3. The van der Waals surface area contributed by atoms with Crippen molar-refractivity contribution in [2.45, 2.75) is 0 Å². The standard InChI is InChI=1S/C20H16N4O2/c25-19(16-5-2-1-3-6-16)23-18-8-4-7-17(13-18)20(26)24-22-14-15-9-11-21-12-10-15/h1-14H,(H,23,25)(H,24,26)/b22-14-. The Bertz CT molecular complexity index is 925. The summed E-state index contributed by atoms with van der Waals surface area (Å²) in [6.45, 7) is 0. The Morgan fingerprint density at radius 2 is 1.58 bits per heavy atom. The minimum atomic E-state index is -0.369. The van der Waals surface area contributed by atoms with Crippen LogP contribution in [0.1, 0.15) is 26.3 Å². The molecule has 3 aromatic rings. The topological polar surface area (TPSA) is 83.4 Å². The van der Waals surface area contributed by atoms with Gasteiger partial charge in [-0.05, 0) is 48.0 Å². The Labute approximate surface area is 150 Å². The van der Waals surface area contributed by atoms with Crippen molar-refractivity contribution in [3.05, 3.63) is 95.8 Å². The van der Waals surface area contributed by atoms with Crippen molar-refractivity contribution in [3.8, 4) is 0 Å². The lowest BCUT2D eigenvalue weighted by Crippen LogP contribution is -2.18. The molecular weight excluding hydrogens is 328 g/mol. The summed E-state index contributed by atoms with van der Waals surface area (Å²) in [5.41, 5.74) is 4.75. The highest BCUT2D eigenvalue weighted by Gasteiger charge is 2.08. The second kappa shape index (κ2) is 8.34. The fourth-order valence-electron chi connectivity index (χ4n) is 2.21. The zero-order valence-corrected chi connectivity index (χ0v) is 13.8. The lowest BCUT2D eigenvalue weighted by atomic mass is 10.1. The number of rotatable bonds is 5. The first-order valence-corrected chi connectivity index (χ1v) is 7.92. The van der Waals surface area contributed by atoms with Crippen LogP contribution in [0.5, 0.6) is 0 Å². The molecule has 0 aliphatic rings. The molecule has 6 nitrogen and oxygen atoms in total. The van der Waals surface area contributed by atoms with Gasteiger partial charge in [-0.1, -0.05) is 24.3 Å². The molecule has 0 saturated carbocycles. The number of nitrogens with zero attached hydrogens (tertiary/aromatic N) is 2. The molecule has 128 valence electrons. The number of benzene rings is 2. The third kappa shape index (κ3) is 4.61. The van der Waals surface area contributed by atoms with Crippen LogP contribution in [0.3, 0.4) is 0 Å². The van der Waals surface area contributed by atoms with Gasteiger partial charge >= 0.3 is 0 Å². The van der Waals surface area contributed by atoms with Gasteiger partial charge in [-0.3, -0.25) is 14.6 Å². The first-order chi connectivity index (χ1) is 12.7. The average Bonchev–Trinajstić information content (AvgIpc) is 2.69. The number of hydrogen-bond donors (Lipinski definition) is 2. The van der Waals surface area contributed by atoms with Crippen LogP contribution in [0.2, 0.25) is 0 Å². The van der Waals surface area contributed by atoms with Crippen LogP contribution in [0.15, 0.2) is 84.2 Å². The van der Waals surface area contributed by atoms with E-state index in [1.54, 1.807) is 73.1 Å². The van der Waals surface area contributed by atoms with E-state index in [1.807, 2.05) is 6.07 Å². The minimum Gasteiger partial charge on any atom is -0.322 e. The number of hydrogen-bond acceptors (Lipinski definition) is 4.